The molecular formula is C73H142O17P2. The van der Waals surface area contributed by atoms with E-state index >= 15 is 0 Å². The van der Waals surface area contributed by atoms with E-state index in [-0.39, 0.29) is 25.7 Å². The van der Waals surface area contributed by atoms with Crippen molar-refractivity contribution in [2.75, 3.05) is 39.6 Å². The van der Waals surface area contributed by atoms with E-state index < -0.39 is 97.5 Å². The summed E-state index contributed by atoms with van der Waals surface area (Å²) in [5.74, 6) is -2.13. The highest BCUT2D eigenvalue weighted by atomic mass is 31.2. The largest absolute Gasteiger partial charge is 0.472 e. The van der Waals surface area contributed by atoms with Crippen LogP contribution in [-0.2, 0) is 65.4 Å². The minimum atomic E-state index is -4.95. The van der Waals surface area contributed by atoms with Gasteiger partial charge >= 0.3 is 39.5 Å². The summed E-state index contributed by atoms with van der Waals surface area (Å²) < 4.78 is 68.2. The van der Waals surface area contributed by atoms with Crippen LogP contribution in [0.25, 0.3) is 0 Å². The van der Waals surface area contributed by atoms with E-state index in [0.29, 0.717) is 25.7 Å². The van der Waals surface area contributed by atoms with Crippen molar-refractivity contribution in [1.82, 2.24) is 0 Å². The van der Waals surface area contributed by atoms with Gasteiger partial charge in [-0.2, -0.15) is 0 Å². The molecule has 0 fully saturated rings. The lowest BCUT2D eigenvalue weighted by molar-refractivity contribution is -0.161. The molecule has 2 unspecified atom stereocenters. The zero-order valence-electron chi connectivity index (χ0n) is 59.5. The molecule has 17 nitrogen and oxygen atoms in total. The number of aliphatic hydroxyl groups excluding tert-OH is 1. The molecule has 0 aromatic heterocycles. The standard InChI is InChI=1S/C73H142O17P2/c1-5-9-13-17-20-23-26-28-30-32-34-36-38-41-43-46-50-54-58-71(76)84-64-69(90-73(78)60-56-52-48-45-42-39-37-35-33-31-29-27-24-21-18-14-10-6-2)66-88-92(81,82)86-62-67(74)61-85-91(79,80)87-65-68(63-83-70(75)57-53-49-16-12-8-4)89-72(77)59-55-51-47-44-40-25-22-19-15-11-7-3/h67-69,74H,5-66H2,1-4H3,(H,79,80)(H,81,82)/t67-,68+,69+/m0/s1. The average molecular weight is 1350 g/mol. The van der Waals surface area contributed by atoms with Gasteiger partial charge in [0.15, 0.2) is 12.2 Å². The molecule has 0 aliphatic carbocycles. The highest BCUT2D eigenvalue weighted by molar-refractivity contribution is 7.47. The molecule has 0 spiro atoms. The summed E-state index contributed by atoms with van der Waals surface area (Å²) in [6.45, 7) is 4.88. The number of phosphoric ester groups is 2. The molecule has 5 atom stereocenters. The first-order valence-electron chi connectivity index (χ1n) is 38.3. The van der Waals surface area contributed by atoms with Crippen LogP contribution in [0.4, 0.5) is 0 Å². The van der Waals surface area contributed by atoms with Gasteiger partial charge in [-0.15, -0.1) is 0 Å². The molecule has 0 aromatic carbocycles. The van der Waals surface area contributed by atoms with Crippen molar-refractivity contribution in [3.63, 3.8) is 0 Å². The maximum atomic E-state index is 13.1. The van der Waals surface area contributed by atoms with Crippen molar-refractivity contribution in [2.45, 2.75) is 406 Å². The van der Waals surface area contributed by atoms with Gasteiger partial charge in [-0.25, -0.2) is 9.13 Å². The van der Waals surface area contributed by atoms with Crippen LogP contribution >= 0.6 is 15.6 Å². The summed E-state index contributed by atoms with van der Waals surface area (Å²) in [7, 11) is -9.89. The third-order valence-electron chi connectivity index (χ3n) is 17.1. The van der Waals surface area contributed by atoms with Gasteiger partial charge in [0.25, 0.3) is 0 Å². The average Bonchev–Trinajstić information content (AvgIpc) is 3.49. The Hall–Kier alpha value is -1.94. The number of carbonyl (C=O) groups excluding carboxylic acids is 4. The van der Waals surface area contributed by atoms with Crippen molar-refractivity contribution in [2.24, 2.45) is 0 Å². The number of esters is 4. The van der Waals surface area contributed by atoms with Crippen LogP contribution in [-0.4, -0.2) is 96.7 Å². The minimum Gasteiger partial charge on any atom is -0.462 e. The minimum absolute atomic E-state index is 0.107. The van der Waals surface area contributed by atoms with Crippen molar-refractivity contribution >= 4 is 39.5 Å². The predicted octanol–water partition coefficient (Wildman–Crippen LogP) is 21.4. The highest BCUT2D eigenvalue weighted by Gasteiger charge is 2.30. The summed E-state index contributed by atoms with van der Waals surface area (Å²) in [5, 5.41) is 10.6. The molecule has 0 aliphatic rings. The quantitative estimate of drug-likeness (QED) is 0.0222. The first-order valence-corrected chi connectivity index (χ1v) is 41.3. The Morgan fingerprint density at radius 1 is 0.261 bits per heavy atom. The van der Waals surface area contributed by atoms with Crippen molar-refractivity contribution in [1.29, 1.82) is 0 Å². The Kier molecular flexibility index (Phi) is 66.2. The summed E-state index contributed by atoms with van der Waals surface area (Å²) in [6.07, 6.45) is 57.3. The molecule has 0 radical (unpaired) electrons. The van der Waals surface area contributed by atoms with Gasteiger partial charge in [0, 0.05) is 25.7 Å². The molecule has 0 heterocycles. The molecule has 0 saturated heterocycles. The van der Waals surface area contributed by atoms with E-state index in [0.717, 1.165) is 96.3 Å². The summed E-state index contributed by atoms with van der Waals surface area (Å²) in [4.78, 5) is 72.4. The molecule has 0 amide bonds. The second-order valence-electron chi connectivity index (χ2n) is 26.3. The van der Waals surface area contributed by atoms with Gasteiger partial charge in [-0.1, -0.05) is 336 Å². The fraction of sp³-hybridized carbons (Fsp3) is 0.945. The topological polar surface area (TPSA) is 237 Å². The molecule has 3 N–H and O–H groups in total. The predicted molar refractivity (Wildman–Crippen MR) is 372 cm³/mol. The summed E-state index contributed by atoms with van der Waals surface area (Å²) in [5.41, 5.74) is 0. The third kappa shape index (κ3) is 66.7. The smallest absolute Gasteiger partial charge is 0.462 e. The molecule has 546 valence electrons. The Bertz CT molecular complexity index is 1760. The van der Waals surface area contributed by atoms with E-state index in [9.17, 15) is 43.2 Å². The van der Waals surface area contributed by atoms with E-state index in [1.165, 1.54) is 212 Å². The number of ether oxygens (including phenoxy) is 4. The Morgan fingerprint density at radius 3 is 0.641 bits per heavy atom. The number of phosphoric acid groups is 2. The monoisotopic (exact) mass is 1350 g/mol. The Morgan fingerprint density at radius 2 is 0.435 bits per heavy atom. The van der Waals surface area contributed by atoms with Gasteiger partial charge < -0.3 is 33.8 Å². The fourth-order valence-corrected chi connectivity index (χ4v) is 12.8. The van der Waals surface area contributed by atoms with Crippen LogP contribution < -0.4 is 0 Å². The highest BCUT2D eigenvalue weighted by Crippen LogP contribution is 2.45. The Labute approximate surface area is 562 Å². The molecule has 0 rings (SSSR count). The molecule has 0 bridgehead atoms. The van der Waals surface area contributed by atoms with Crippen molar-refractivity contribution < 1.29 is 80.2 Å². The zero-order chi connectivity index (χ0) is 67.5. The van der Waals surface area contributed by atoms with Crippen LogP contribution in [0.2, 0.25) is 0 Å². The molecule has 0 aliphatic heterocycles. The summed E-state index contributed by atoms with van der Waals surface area (Å²) >= 11 is 0. The number of rotatable bonds is 74. The zero-order valence-corrected chi connectivity index (χ0v) is 61.3. The number of carbonyl (C=O) groups is 4. The first kappa shape index (κ1) is 90.1. The number of hydrogen-bond donors (Lipinski definition) is 3. The van der Waals surface area contributed by atoms with Crippen LogP contribution in [0.15, 0.2) is 0 Å². The summed E-state index contributed by atoms with van der Waals surface area (Å²) in [6, 6.07) is 0. The third-order valence-corrected chi connectivity index (χ3v) is 19.0. The number of unbranched alkanes of at least 4 members (excludes halogenated alkanes) is 48. The SMILES string of the molecule is CCCCCCCCCCCCCCCCCCCCC(=O)OC[C@H](COP(=O)(O)OC[C@@H](O)COP(=O)(O)OC[C@@H](COC(=O)CCCCCCC)OC(=O)CCCCCCCCCCCCC)OC(=O)CCCCCCCCCCCCCCCCCCCC. The molecule has 92 heavy (non-hydrogen) atoms. The van der Waals surface area contributed by atoms with E-state index in [1.54, 1.807) is 0 Å². The van der Waals surface area contributed by atoms with Crippen LogP contribution in [0, 0.1) is 0 Å². The Balaban J connectivity index is 5.13. The number of hydrogen-bond acceptors (Lipinski definition) is 15. The van der Waals surface area contributed by atoms with E-state index in [2.05, 4.69) is 27.7 Å². The maximum absolute atomic E-state index is 13.1. The van der Waals surface area contributed by atoms with E-state index in [4.69, 9.17) is 37.0 Å². The van der Waals surface area contributed by atoms with Gasteiger partial charge in [0.1, 0.15) is 19.3 Å². The van der Waals surface area contributed by atoms with Crippen molar-refractivity contribution in [3.8, 4) is 0 Å². The lowest BCUT2D eigenvalue weighted by Gasteiger charge is -2.21. The lowest BCUT2D eigenvalue weighted by atomic mass is 10.0. The van der Waals surface area contributed by atoms with Gasteiger partial charge in [-0.3, -0.25) is 37.3 Å². The van der Waals surface area contributed by atoms with Crippen LogP contribution in [0.5, 0.6) is 0 Å². The normalized spacial score (nSPS) is 13.9. The second-order valence-corrected chi connectivity index (χ2v) is 29.2. The van der Waals surface area contributed by atoms with Crippen molar-refractivity contribution in [3.05, 3.63) is 0 Å². The fourth-order valence-electron chi connectivity index (χ4n) is 11.2. The number of aliphatic hydroxyl groups is 1. The van der Waals surface area contributed by atoms with Gasteiger partial charge in [-0.05, 0) is 25.7 Å². The molecule has 0 saturated carbocycles. The lowest BCUT2D eigenvalue weighted by Crippen LogP contribution is -2.30. The maximum Gasteiger partial charge on any atom is 0.472 e. The molecule has 0 aromatic rings. The van der Waals surface area contributed by atoms with Gasteiger partial charge in [0.2, 0.25) is 0 Å². The van der Waals surface area contributed by atoms with Crippen LogP contribution in [0.1, 0.15) is 387 Å². The second kappa shape index (κ2) is 67.6. The first-order chi connectivity index (χ1) is 44.7. The van der Waals surface area contributed by atoms with E-state index in [1.807, 2.05) is 0 Å². The molecule has 19 heteroatoms. The van der Waals surface area contributed by atoms with Gasteiger partial charge in [0.05, 0.1) is 26.4 Å². The van der Waals surface area contributed by atoms with Crippen LogP contribution in [0.3, 0.4) is 0 Å². The molecular weight excluding hydrogens is 1210 g/mol.